The summed E-state index contributed by atoms with van der Waals surface area (Å²) in [5, 5.41) is 2.54. The van der Waals surface area contributed by atoms with Crippen LogP contribution in [0.2, 0.25) is 0 Å². The molecule has 0 atom stereocenters. The minimum atomic E-state index is -0.628. The molecule has 0 saturated heterocycles. The molecule has 0 spiro atoms. The molecule has 26 heavy (non-hydrogen) atoms. The topological polar surface area (TPSA) is 87.0 Å². The summed E-state index contributed by atoms with van der Waals surface area (Å²) in [6.07, 6.45) is 2.90. The molecule has 0 saturated carbocycles. The molecule has 3 rings (SSSR count). The lowest BCUT2D eigenvalue weighted by atomic mass is 10.1. The number of ether oxygens (including phenoxy) is 3. The molecule has 1 amide bonds. The van der Waals surface area contributed by atoms with Gasteiger partial charge in [-0.3, -0.25) is 4.79 Å². The predicted molar refractivity (Wildman–Crippen MR) is 92.5 cm³/mol. The average Bonchev–Trinajstić information content (AvgIpc) is 3.29. The third-order valence-corrected chi connectivity index (χ3v) is 3.47. The summed E-state index contributed by atoms with van der Waals surface area (Å²) in [7, 11) is 0. The zero-order valence-corrected chi connectivity index (χ0v) is 14.5. The number of carbonyl (C=O) groups excluding carboxylic acids is 2. The van der Waals surface area contributed by atoms with Crippen LogP contribution < -0.4 is 14.8 Å². The van der Waals surface area contributed by atoms with E-state index < -0.39 is 11.9 Å². The van der Waals surface area contributed by atoms with E-state index in [9.17, 15) is 9.59 Å². The predicted octanol–water partition coefficient (Wildman–Crippen LogP) is 2.98. The monoisotopic (exact) mass is 357 g/mol. The van der Waals surface area contributed by atoms with E-state index >= 15 is 0 Å². The number of benzene rings is 1. The molecule has 1 aliphatic heterocycles. The summed E-state index contributed by atoms with van der Waals surface area (Å²) in [5.74, 6) is 0.307. The molecule has 1 aromatic carbocycles. The van der Waals surface area contributed by atoms with Crippen molar-refractivity contribution in [1.82, 2.24) is 5.32 Å². The summed E-state index contributed by atoms with van der Waals surface area (Å²) >= 11 is 0. The van der Waals surface area contributed by atoms with Crippen LogP contribution in [-0.2, 0) is 9.53 Å². The third kappa shape index (κ3) is 4.24. The van der Waals surface area contributed by atoms with Crippen molar-refractivity contribution >= 4 is 18.0 Å². The molecule has 1 aliphatic rings. The van der Waals surface area contributed by atoms with Crippen molar-refractivity contribution in [3.8, 4) is 11.5 Å². The van der Waals surface area contributed by atoms with E-state index in [2.05, 4.69) is 5.32 Å². The van der Waals surface area contributed by atoms with Crippen LogP contribution in [0.25, 0.3) is 6.08 Å². The van der Waals surface area contributed by atoms with Crippen LogP contribution in [0.3, 0.4) is 0 Å². The van der Waals surface area contributed by atoms with Gasteiger partial charge in [-0.25, -0.2) is 4.79 Å². The Labute approximate surface area is 150 Å². The summed E-state index contributed by atoms with van der Waals surface area (Å²) in [5.41, 5.74) is 0.663. The fraction of sp³-hybridized carbons (Fsp3) is 0.263. The van der Waals surface area contributed by atoms with E-state index in [1.165, 1.54) is 18.4 Å². The molecule has 1 N–H and O–H groups in total. The van der Waals surface area contributed by atoms with Gasteiger partial charge in [-0.1, -0.05) is 19.9 Å². The van der Waals surface area contributed by atoms with Crippen LogP contribution >= 0.6 is 0 Å². The normalized spacial score (nSPS) is 13.0. The number of hydrogen-bond donors (Lipinski definition) is 1. The highest BCUT2D eigenvalue weighted by Crippen LogP contribution is 2.33. The van der Waals surface area contributed by atoms with Crippen molar-refractivity contribution in [3.63, 3.8) is 0 Å². The first kappa shape index (κ1) is 17.6. The van der Waals surface area contributed by atoms with E-state index in [1.54, 1.807) is 24.3 Å². The van der Waals surface area contributed by atoms with Crippen molar-refractivity contribution in [2.45, 2.75) is 13.8 Å². The second-order valence-electron chi connectivity index (χ2n) is 6.09. The van der Waals surface area contributed by atoms with Crippen molar-refractivity contribution in [3.05, 3.63) is 53.6 Å². The molecule has 0 radical (unpaired) electrons. The number of amides is 1. The van der Waals surface area contributed by atoms with Crippen LogP contribution in [0.5, 0.6) is 11.5 Å². The molecular weight excluding hydrogens is 338 g/mol. The fourth-order valence-corrected chi connectivity index (χ4v) is 2.23. The summed E-state index contributed by atoms with van der Waals surface area (Å²) < 4.78 is 20.9. The number of rotatable bonds is 6. The van der Waals surface area contributed by atoms with E-state index in [0.717, 1.165) is 0 Å². The largest absolute Gasteiger partial charge is 0.461 e. The van der Waals surface area contributed by atoms with Gasteiger partial charge in [0.05, 0.1) is 12.9 Å². The quantitative estimate of drug-likeness (QED) is 0.632. The third-order valence-electron chi connectivity index (χ3n) is 3.47. The summed E-state index contributed by atoms with van der Waals surface area (Å²) in [4.78, 5) is 24.6. The Morgan fingerprint density at radius 2 is 2.04 bits per heavy atom. The van der Waals surface area contributed by atoms with Crippen molar-refractivity contribution in [2.24, 2.45) is 5.92 Å². The Kier molecular flexibility index (Phi) is 5.26. The van der Waals surface area contributed by atoms with E-state index in [0.29, 0.717) is 17.1 Å². The molecule has 0 aliphatic carbocycles. The fourth-order valence-electron chi connectivity index (χ4n) is 2.23. The zero-order chi connectivity index (χ0) is 18.5. The molecule has 1 aromatic heterocycles. The molecule has 0 bridgehead atoms. The first-order valence-electron chi connectivity index (χ1n) is 8.16. The Bertz CT molecular complexity index is 823. The zero-order valence-electron chi connectivity index (χ0n) is 14.5. The minimum Gasteiger partial charge on any atom is -0.461 e. The maximum Gasteiger partial charge on any atom is 0.354 e. The second kappa shape index (κ2) is 7.77. The number of carbonyl (C=O) groups is 2. The molecule has 0 unspecified atom stereocenters. The first-order valence-corrected chi connectivity index (χ1v) is 8.16. The van der Waals surface area contributed by atoms with Gasteiger partial charge in [-0.05, 0) is 41.8 Å². The molecule has 0 fully saturated rings. The minimum absolute atomic E-state index is 0.00548. The van der Waals surface area contributed by atoms with Crippen molar-refractivity contribution in [1.29, 1.82) is 0 Å². The van der Waals surface area contributed by atoms with E-state index in [-0.39, 0.29) is 30.8 Å². The van der Waals surface area contributed by atoms with Gasteiger partial charge in [-0.2, -0.15) is 0 Å². The highest BCUT2D eigenvalue weighted by molar-refractivity contribution is 6.02. The SMILES string of the molecule is CC(C)COC(=O)/C(=C/c1ccc2c(c1)OCO2)NC(=O)c1ccco1. The van der Waals surface area contributed by atoms with Gasteiger partial charge in [0.25, 0.3) is 5.91 Å². The van der Waals surface area contributed by atoms with Gasteiger partial charge in [0, 0.05) is 0 Å². The lowest BCUT2D eigenvalue weighted by Gasteiger charge is -2.11. The number of esters is 1. The Morgan fingerprint density at radius 3 is 2.77 bits per heavy atom. The highest BCUT2D eigenvalue weighted by Gasteiger charge is 2.19. The Morgan fingerprint density at radius 1 is 1.23 bits per heavy atom. The van der Waals surface area contributed by atoms with Gasteiger partial charge in [0.1, 0.15) is 5.70 Å². The second-order valence-corrected chi connectivity index (χ2v) is 6.09. The molecule has 2 heterocycles. The Balaban J connectivity index is 1.83. The lowest BCUT2D eigenvalue weighted by molar-refractivity contribution is -0.140. The number of furan rings is 1. The van der Waals surface area contributed by atoms with Gasteiger partial charge in [-0.15, -0.1) is 0 Å². The number of hydrogen-bond acceptors (Lipinski definition) is 6. The standard InChI is InChI=1S/C19H19NO6/c1-12(2)10-24-19(22)14(20-18(21)16-4-3-7-23-16)8-13-5-6-15-17(9-13)26-11-25-15/h3-9,12H,10-11H2,1-2H3,(H,20,21)/b14-8-. The van der Waals surface area contributed by atoms with E-state index in [1.807, 2.05) is 13.8 Å². The highest BCUT2D eigenvalue weighted by atomic mass is 16.7. The molecule has 2 aromatic rings. The van der Waals surface area contributed by atoms with Gasteiger partial charge < -0.3 is 23.9 Å². The van der Waals surface area contributed by atoms with Crippen LogP contribution in [-0.4, -0.2) is 25.3 Å². The van der Waals surface area contributed by atoms with Crippen molar-refractivity contribution < 1.29 is 28.2 Å². The molecule has 7 heteroatoms. The lowest BCUT2D eigenvalue weighted by Crippen LogP contribution is -2.28. The summed E-state index contributed by atoms with van der Waals surface area (Å²) in [6, 6.07) is 8.30. The van der Waals surface area contributed by atoms with Crippen LogP contribution in [0.15, 0.2) is 46.7 Å². The van der Waals surface area contributed by atoms with Crippen LogP contribution in [0.1, 0.15) is 30.0 Å². The average molecular weight is 357 g/mol. The Hall–Kier alpha value is -3.22. The van der Waals surface area contributed by atoms with E-state index in [4.69, 9.17) is 18.6 Å². The number of fused-ring (bicyclic) bond motifs is 1. The van der Waals surface area contributed by atoms with Crippen LogP contribution in [0.4, 0.5) is 0 Å². The van der Waals surface area contributed by atoms with Crippen molar-refractivity contribution in [2.75, 3.05) is 13.4 Å². The molecular formula is C19H19NO6. The van der Waals surface area contributed by atoms with Gasteiger partial charge >= 0.3 is 5.97 Å². The van der Waals surface area contributed by atoms with Gasteiger partial charge in [0.2, 0.25) is 6.79 Å². The summed E-state index contributed by atoms with van der Waals surface area (Å²) in [6.45, 7) is 4.25. The number of nitrogens with one attached hydrogen (secondary N) is 1. The maximum absolute atomic E-state index is 12.4. The molecule has 136 valence electrons. The van der Waals surface area contributed by atoms with Crippen LogP contribution in [0, 0.1) is 5.92 Å². The maximum atomic E-state index is 12.4. The first-order chi connectivity index (χ1) is 12.5. The smallest absolute Gasteiger partial charge is 0.354 e. The van der Waals surface area contributed by atoms with Gasteiger partial charge in [0.15, 0.2) is 17.3 Å². The molecule has 7 nitrogen and oxygen atoms in total.